The first kappa shape index (κ1) is 19.9. The second-order valence-electron chi connectivity index (χ2n) is 7.32. The third kappa shape index (κ3) is 4.26. The van der Waals surface area contributed by atoms with Crippen LogP contribution in [0.15, 0.2) is 71.8 Å². The molecule has 150 valence electrons. The number of hydrazone groups is 1. The van der Waals surface area contributed by atoms with E-state index >= 15 is 0 Å². The van der Waals surface area contributed by atoms with E-state index in [9.17, 15) is 4.79 Å². The summed E-state index contributed by atoms with van der Waals surface area (Å²) in [6, 6.07) is 20.9. The van der Waals surface area contributed by atoms with Crippen molar-refractivity contribution in [1.82, 2.24) is 15.4 Å². The first-order chi connectivity index (χ1) is 14.5. The van der Waals surface area contributed by atoms with Gasteiger partial charge in [-0.25, -0.2) is 10.4 Å². The average Bonchev–Trinajstić information content (AvgIpc) is 3.17. The summed E-state index contributed by atoms with van der Waals surface area (Å²) in [5, 5.41) is 4.69. The summed E-state index contributed by atoms with van der Waals surface area (Å²) in [7, 11) is 0. The number of aromatic nitrogens is 2. The summed E-state index contributed by atoms with van der Waals surface area (Å²) in [4.78, 5) is 20.3. The van der Waals surface area contributed by atoms with Crippen molar-refractivity contribution in [1.29, 1.82) is 0 Å². The molecule has 4 aromatic rings. The van der Waals surface area contributed by atoms with Crippen molar-refractivity contribution >= 4 is 34.8 Å². The molecule has 4 rings (SSSR count). The number of imidazole rings is 1. The van der Waals surface area contributed by atoms with Gasteiger partial charge in [-0.3, -0.25) is 4.79 Å². The Bertz CT molecular complexity index is 1230. The van der Waals surface area contributed by atoms with E-state index in [4.69, 9.17) is 11.6 Å². The summed E-state index contributed by atoms with van der Waals surface area (Å²) in [5.74, 6) is 0.850. The van der Waals surface area contributed by atoms with Crippen LogP contribution in [0, 0.1) is 0 Å². The second kappa shape index (κ2) is 8.51. The van der Waals surface area contributed by atoms with Crippen LogP contribution in [0.1, 0.15) is 41.3 Å². The number of amides is 1. The van der Waals surface area contributed by atoms with Crippen LogP contribution in [-0.4, -0.2) is 22.1 Å². The topological polar surface area (TPSA) is 70.1 Å². The summed E-state index contributed by atoms with van der Waals surface area (Å²) in [6.45, 7) is 4.30. The summed E-state index contributed by atoms with van der Waals surface area (Å²) < 4.78 is 0. The van der Waals surface area contributed by atoms with Crippen molar-refractivity contribution < 1.29 is 4.79 Å². The lowest BCUT2D eigenvalue weighted by Crippen LogP contribution is -2.17. The van der Waals surface area contributed by atoms with Crippen molar-refractivity contribution in [3.8, 4) is 11.4 Å². The number of aromatic amines is 1. The molecule has 1 heterocycles. The highest BCUT2D eigenvalue weighted by atomic mass is 35.5. The number of hydrogen-bond acceptors (Lipinski definition) is 3. The molecule has 0 spiro atoms. The van der Waals surface area contributed by atoms with Gasteiger partial charge in [0.1, 0.15) is 5.82 Å². The van der Waals surface area contributed by atoms with Gasteiger partial charge in [0, 0.05) is 11.1 Å². The standard InChI is InChI=1S/C24H21ClN4O/c1-15(2)17-9-7-16(8-10-17)14-26-29-24(30)18-11-12-21-22(13-18)28-23(27-21)19-5-3-4-6-20(19)25/h3-15H,1-2H3,(H,27,28)(H,29,30)/b26-14+. The molecule has 0 fully saturated rings. The van der Waals surface area contributed by atoms with Gasteiger partial charge < -0.3 is 4.98 Å². The third-order valence-electron chi connectivity index (χ3n) is 4.86. The highest BCUT2D eigenvalue weighted by Gasteiger charge is 2.11. The summed E-state index contributed by atoms with van der Waals surface area (Å²) in [5.41, 5.74) is 7.58. The SMILES string of the molecule is CC(C)c1ccc(/C=N/NC(=O)c2ccc3nc(-c4ccccc4Cl)[nH]c3c2)cc1. The monoisotopic (exact) mass is 416 g/mol. The zero-order valence-electron chi connectivity index (χ0n) is 16.7. The van der Waals surface area contributed by atoms with E-state index < -0.39 is 0 Å². The van der Waals surface area contributed by atoms with Gasteiger partial charge in [0.2, 0.25) is 0 Å². The molecule has 1 aromatic heterocycles. The van der Waals surface area contributed by atoms with Crippen LogP contribution in [0.25, 0.3) is 22.4 Å². The zero-order chi connectivity index (χ0) is 21.1. The number of rotatable bonds is 5. The third-order valence-corrected chi connectivity index (χ3v) is 5.19. The Balaban J connectivity index is 1.48. The van der Waals surface area contributed by atoms with Crippen LogP contribution in [0.4, 0.5) is 0 Å². The number of nitrogens with zero attached hydrogens (tertiary/aromatic N) is 2. The minimum atomic E-state index is -0.291. The van der Waals surface area contributed by atoms with Crippen LogP contribution in [0.3, 0.4) is 0 Å². The quantitative estimate of drug-likeness (QED) is 0.320. The van der Waals surface area contributed by atoms with Crippen molar-refractivity contribution in [2.24, 2.45) is 5.10 Å². The Morgan fingerprint density at radius 3 is 2.60 bits per heavy atom. The first-order valence-corrected chi connectivity index (χ1v) is 10.1. The predicted molar refractivity (Wildman–Crippen MR) is 122 cm³/mol. The summed E-state index contributed by atoms with van der Waals surface area (Å²) in [6.07, 6.45) is 1.63. The predicted octanol–water partition coefficient (Wildman–Crippen LogP) is 5.77. The zero-order valence-corrected chi connectivity index (χ0v) is 17.4. The van der Waals surface area contributed by atoms with E-state index in [1.807, 2.05) is 36.4 Å². The number of carbonyl (C=O) groups excluding carboxylic acids is 1. The van der Waals surface area contributed by atoms with Crippen LogP contribution in [-0.2, 0) is 0 Å². The van der Waals surface area contributed by atoms with E-state index in [1.165, 1.54) is 5.56 Å². The average molecular weight is 417 g/mol. The van der Waals surface area contributed by atoms with E-state index in [0.717, 1.165) is 22.2 Å². The molecule has 0 bridgehead atoms. The van der Waals surface area contributed by atoms with Crippen molar-refractivity contribution in [3.05, 3.63) is 88.4 Å². The van der Waals surface area contributed by atoms with E-state index in [1.54, 1.807) is 24.4 Å². The maximum atomic E-state index is 12.5. The lowest BCUT2D eigenvalue weighted by Gasteiger charge is -2.04. The molecule has 0 saturated carbocycles. The van der Waals surface area contributed by atoms with E-state index in [-0.39, 0.29) is 5.91 Å². The molecule has 2 N–H and O–H groups in total. The lowest BCUT2D eigenvalue weighted by molar-refractivity contribution is 0.0955. The van der Waals surface area contributed by atoms with E-state index in [2.05, 4.69) is 46.5 Å². The first-order valence-electron chi connectivity index (χ1n) is 9.69. The van der Waals surface area contributed by atoms with Crippen LogP contribution in [0.2, 0.25) is 5.02 Å². The molecular formula is C24H21ClN4O. The molecule has 0 radical (unpaired) electrons. The summed E-state index contributed by atoms with van der Waals surface area (Å²) >= 11 is 6.26. The number of fused-ring (bicyclic) bond motifs is 1. The normalized spacial score (nSPS) is 11.5. The number of H-pyrrole nitrogens is 1. The van der Waals surface area contributed by atoms with Crippen LogP contribution >= 0.6 is 11.6 Å². The van der Waals surface area contributed by atoms with Gasteiger partial charge in [0.05, 0.1) is 22.3 Å². The molecule has 0 atom stereocenters. The molecule has 3 aromatic carbocycles. The molecule has 0 saturated heterocycles. The minimum absolute atomic E-state index is 0.291. The van der Waals surface area contributed by atoms with Gasteiger partial charge in [-0.15, -0.1) is 0 Å². The fourth-order valence-corrected chi connectivity index (χ4v) is 3.35. The number of nitrogens with one attached hydrogen (secondary N) is 2. The Kier molecular flexibility index (Phi) is 5.63. The highest BCUT2D eigenvalue weighted by molar-refractivity contribution is 6.33. The molecule has 5 nitrogen and oxygen atoms in total. The Morgan fingerprint density at radius 2 is 1.87 bits per heavy atom. The van der Waals surface area contributed by atoms with Gasteiger partial charge >= 0.3 is 0 Å². The van der Waals surface area contributed by atoms with Gasteiger partial charge in [-0.2, -0.15) is 5.10 Å². The Labute approximate surface area is 179 Å². The van der Waals surface area contributed by atoms with E-state index in [0.29, 0.717) is 22.3 Å². The largest absolute Gasteiger partial charge is 0.338 e. The van der Waals surface area contributed by atoms with Gasteiger partial charge in [-0.1, -0.05) is 61.8 Å². The molecule has 6 heteroatoms. The lowest BCUT2D eigenvalue weighted by atomic mass is 10.0. The number of carbonyl (C=O) groups is 1. The maximum absolute atomic E-state index is 12.5. The van der Waals surface area contributed by atoms with Crippen molar-refractivity contribution in [2.45, 2.75) is 19.8 Å². The fourth-order valence-electron chi connectivity index (χ4n) is 3.13. The van der Waals surface area contributed by atoms with Gasteiger partial charge in [0.15, 0.2) is 0 Å². The molecule has 0 aliphatic heterocycles. The Hall–Kier alpha value is -3.44. The molecule has 0 aliphatic carbocycles. The highest BCUT2D eigenvalue weighted by Crippen LogP contribution is 2.27. The van der Waals surface area contributed by atoms with Gasteiger partial charge in [0.25, 0.3) is 5.91 Å². The maximum Gasteiger partial charge on any atom is 0.271 e. The number of halogens is 1. The number of benzene rings is 3. The number of hydrogen-bond donors (Lipinski definition) is 2. The van der Waals surface area contributed by atoms with Crippen LogP contribution < -0.4 is 5.43 Å². The molecule has 1 amide bonds. The molecular weight excluding hydrogens is 396 g/mol. The molecule has 30 heavy (non-hydrogen) atoms. The van der Waals surface area contributed by atoms with Crippen molar-refractivity contribution in [3.63, 3.8) is 0 Å². The second-order valence-corrected chi connectivity index (χ2v) is 7.72. The minimum Gasteiger partial charge on any atom is -0.338 e. The van der Waals surface area contributed by atoms with Crippen LogP contribution in [0.5, 0.6) is 0 Å². The molecule has 0 aliphatic rings. The van der Waals surface area contributed by atoms with Gasteiger partial charge in [-0.05, 0) is 47.4 Å². The smallest absolute Gasteiger partial charge is 0.271 e. The fraction of sp³-hybridized carbons (Fsp3) is 0.125. The Morgan fingerprint density at radius 1 is 1.10 bits per heavy atom. The van der Waals surface area contributed by atoms with Crippen molar-refractivity contribution in [2.75, 3.05) is 0 Å². The molecule has 0 unspecified atom stereocenters.